The fourth-order valence-corrected chi connectivity index (χ4v) is 3.51. The van der Waals surface area contributed by atoms with Crippen LogP contribution in [-0.4, -0.2) is 57.0 Å². The first kappa shape index (κ1) is 15.8. The van der Waals surface area contributed by atoms with Gasteiger partial charge >= 0.3 is 5.97 Å². The van der Waals surface area contributed by atoms with Gasteiger partial charge in [-0.25, -0.2) is 9.78 Å². The van der Waals surface area contributed by atoms with Crippen LogP contribution in [0.5, 0.6) is 0 Å². The van der Waals surface area contributed by atoms with E-state index in [-0.39, 0.29) is 23.1 Å². The lowest BCUT2D eigenvalue weighted by atomic mass is 10.2. The van der Waals surface area contributed by atoms with E-state index >= 15 is 0 Å². The predicted octanol–water partition coefficient (Wildman–Crippen LogP) is 0.821. The Morgan fingerprint density at radius 2 is 2.13 bits per heavy atom. The molecule has 7 nitrogen and oxygen atoms in total. The number of amides is 2. The van der Waals surface area contributed by atoms with Crippen LogP contribution in [0.4, 0.5) is 0 Å². The first-order valence-corrected chi connectivity index (χ1v) is 8.57. The summed E-state index contributed by atoms with van der Waals surface area (Å²) in [6.07, 6.45) is 3.56. The van der Waals surface area contributed by atoms with Crippen molar-refractivity contribution in [3.05, 3.63) is 29.6 Å². The van der Waals surface area contributed by atoms with Crippen molar-refractivity contribution in [1.29, 1.82) is 0 Å². The zero-order valence-corrected chi connectivity index (χ0v) is 13.2. The second kappa shape index (κ2) is 6.57. The largest absolute Gasteiger partial charge is 0.477 e. The van der Waals surface area contributed by atoms with Crippen LogP contribution < -0.4 is 5.32 Å². The van der Waals surface area contributed by atoms with E-state index in [2.05, 4.69) is 10.3 Å². The molecule has 2 heterocycles. The topological polar surface area (TPSA) is 99.6 Å². The number of carbonyl (C=O) groups is 3. The Labute approximate surface area is 137 Å². The van der Waals surface area contributed by atoms with Crippen molar-refractivity contribution in [2.24, 2.45) is 5.92 Å². The second-order valence-corrected chi connectivity index (χ2v) is 6.72. The number of carbonyl (C=O) groups excluding carboxylic acids is 2. The standard InChI is InChI=1S/C15H17N3O4S/c19-13(17-5-9-1-2-9)12-7-23-8-18(12)14(20)10-3-4-11(15(21)22)16-6-10/h3-4,6,9,12H,1-2,5,7-8H2,(H,17,19)(H,21,22). The molecule has 1 aliphatic heterocycles. The molecule has 1 unspecified atom stereocenters. The van der Waals surface area contributed by atoms with E-state index in [0.717, 1.165) is 12.8 Å². The lowest BCUT2D eigenvalue weighted by molar-refractivity contribution is -0.124. The lowest BCUT2D eigenvalue weighted by Crippen LogP contribution is -2.47. The van der Waals surface area contributed by atoms with Gasteiger partial charge in [-0.05, 0) is 30.9 Å². The van der Waals surface area contributed by atoms with Gasteiger partial charge in [-0.2, -0.15) is 0 Å². The number of hydrogen-bond donors (Lipinski definition) is 2. The van der Waals surface area contributed by atoms with Gasteiger partial charge in [0.2, 0.25) is 5.91 Å². The molecule has 2 fully saturated rings. The molecule has 2 aliphatic rings. The third-order valence-electron chi connectivity index (χ3n) is 3.94. The second-order valence-electron chi connectivity index (χ2n) is 5.72. The highest BCUT2D eigenvalue weighted by molar-refractivity contribution is 7.99. The Morgan fingerprint density at radius 1 is 1.35 bits per heavy atom. The monoisotopic (exact) mass is 335 g/mol. The molecule has 1 aromatic heterocycles. The van der Waals surface area contributed by atoms with Crippen LogP contribution in [0.3, 0.4) is 0 Å². The Balaban J connectivity index is 1.66. The minimum atomic E-state index is -1.14. The van der Waals surface area contributed by atoms with Crippen LogP contribution >= 0.6 is 11.8 Å². The van der Waals surface area contributed by atoms with Gasteiger partial charge in [-0.15, -0.1) is 11.8 Å². The number of aromatic nitrogens is 1. The van der Waals surface area contributed by atoms with Crippen LogP contribution in [0.15, 0.2) is 18.3 Å². The maximum Gasteiger partial charge on any atom is 0.354 e. The molecule has 1 atom stereocenters. The Bertz CT molecular complexity index is 630. The third kappa shape index (κ3) is 3.64. The zero-order chi connectivity index (χ0) is 16.4. The molecule has 23 heavy (non-hydrogen) atoms. The van der Waals surface area contributed by atoms with E-state index in [9.17, 15) is 14.4 Å². The molecule has 0 radical (unpaired) electrons. The summed E-state index contributed by atoms with van der Waals surface area (Å²) in [5, 5.41) is 11.7. The first-order chi connectivity index (χ1) is 11.1. The summed E-state index contributed by atoms with van der Waals surface area (Å²) in [7, 11) is 0. The van der Waals surface area contributed by atoms with Gasteiger partial charge in [0.25, 0.3) is 5.91 Å². The molecule has 0 spiro atoms. The highest BCUT2D eigenvalue weighted by Crippen LogP contribution is 2.28. The molecule has 3 rings (SSSR count). The van der Waals surface area contributed by atoms with Crippen LogP contribution in [0.1, 0.15) is 33.7 Å². The minimum Gasteiger partial charge on any atom is -0.477 e. The van der Waals surface area contributed by atoms with Crippen LogP contribution in [-0.2, 0) is 4.79 Å². The SMILES string of the molecule is O=C(O)c1ccc(C(=O)N2CSCC2C(=O)NCC2CC2)cn1. The predicted molar refractivity (Wildman–Crippen MR) is 84.2 cm³/mol. The van der Waals surface area contributed by atoms with Crippen LogP contribution in [0.25, 0.3) is 0 Å². The number of rotatable bonds is 5. The molecule has 2 N–H and O–H groups in total. The number of thioether (sulfide) groups is 1. The Morgan fingerprint density at radius 3 is 2.74 bits per heavy atom. The normalized spacial score (nSPS) is 20.3. The van der Waals surface area contributed by atoms with Crippen molar-refractivity contribution in [3.8, 4) is 0 Å². The summed E-state index contributed by atoms with van der Waals surface area (Å²) in [5.74, 6) is 0.0449. The molecular weight excluding hydrogens is 318 g/mol. The number of carboxylic acid groups (broad SMARTS) is 1. The minimum absolute atomic E-state index is 0.115. The summed E-state index contributed by atoms with van der Waals surface area (Å²) < 4.78 is 0. The molecule has 1 saturated carbocycles. The molecule has 122 valence electrons. The van der Waals surface area contributed by atoms with E-state index in [1.165, 1.54) is 35.0 Å². The molecule has 1 saturated heterocycles. The van der Waals surface area contributed by atoms with E-state index < -0.39 is 12.0 Å². The van der Waals surface area contributed by atoms with Crippen LogP contribution in [0.2, 0.25) is 0 Å². The average molecular weight is 335 g/mol. The smallest absolute Gasteiger partial charge is 0.354 e. The molecule has 1 aliphatic carbocycles. The number of carboxylic acids is 1. The fourth-order valence-electron chi connectivity index (χ4n) is 2.36. The van der Waals surface area contributed by atoms with E-state index in [0.29, 0.717) is 24.1 Å². The van der Waals surface area contributed by atoms with E-state index in [1.807, 2.05) is 0 Å². The van der Waals surface area contributed by atoms with Gasteiger partial charge in [-0.1, -0.05) is 0 Å². The van der Waals surface area contributed by atoms with Crippen LogP contribution in [0, 0.1) is 5.92 Å². The molecule has 1 aromatic rings. The highest BCUT2D eigenvalue weighted by atomic mass is 32.2. The van der Waals surface area contributed by atoms with Crippen molar-refractivity contribution < 1.29 is 19.5 Å². The van der Waals surface area contributed by atoms with Gasteiger partial charge in [0.05, 0.1) is 11.4 Å². The average Bonchev–Trinajstić information content (AvgIpc) is 3.26. The van der Waals surface area contributed by atoms with Gasteiger partial charge in [-0.3, -0.25) is 9.59 Å². The Hall–Kier alpha value is -2.09. The van der Waals surface area contributed by atoms with Gasteiger partial charge in [0.1, 0.15) is 11.7 Å². The number of nitrogens with one attached hydrogen (secondary N) is 1. The lowest BCUT2D eigenvalue weighted by Gasteiger charge is -2.23. The molecule has 0 bridgehead atoms. The maximum absolute atomic E-state index is 12.5. The van der Waals surface area contributed by atoms with Gasteiger partial charge in [0, 0.05) is 18.5 Å². The maximum atomic E-state index is 12.5. The van der Waals surface area contributed by atoms with Gasteiger partial charge < -0.3 is 15.3 Å². The molecule has 8 heteroatoms. The summed E-state index contributed by atoms with van der Waals surface area (Å²) in [6.45, 7) is 0.677. The quantitative estimate of drug-likeness (QED) is 0.826. The summed E-state index contributed by atoms with van der Waals surface area (Å²) in [4.78, 5) is 40.9. The number of pyridine rings is 1. The van der Waals surface area contributed by atoms with Gasteiger partial charge in [0.15, 0.2) is 0 Å². The number of hydrogen-bond acceptors (Lipinski definition) is 5. The molecule has 0 aromatic carbocycles. The third-order valence-corrected chi connectivity index (χ3v) is 4.95. The van der Waals surface area contributed by atoms with Crippen molar-refractivity contribution in [2.75, 3.05) is 18.2 Å². The van der Waals surface area contributed by atoms with Crippen molar-refractivity contribution in [1.82, 2.24) is 15.2 Å². The van der Waals surface area contributed by atoms with E-state index in [1.54, 1.807) is 0 Å². The summed E-state index contributed by atoms with van der Waals surface area (Å²) in [6, 6.07) is 2.24. The van der Waals surface area contributed by atoms with Crippen molar-refractivity contribution in [2.45, 2.75) is 18.9 Å². The number of nitrogens with zero attached hydrogens (tertiary/aromatic N) is 2. The Kier molecular flexibility index (Phi) is 4.51. The summed E-state index contributed by atoms with van der Waals surface area (Å²) >= 11 is 1.53. The van der Waals surface area contributed by atoms with Crippen molar-refractivity contribution in [3.63, 3.8) is 0 Å². The summed E-state index contributed by atoms with van der Waals surface area (Å²) in [5.41, 5.74) is 0.175. The van der Waals surface area contributed by atoms with Crippen molar-refractivity contribution >= 4 is 29.5 Å². The zero-order valence-electron chi connectivity index (χ0n) is 12.4. The number of aromatic carboxylic acids is 1. The van der Waals surface area contributed by atoms with E-state index in [4.69, 9.17) is 5.11 Å². The molecular formula is C15H17N3O4S. The fraction of sp³-hybridized carbons (Fsp3) is 0.467. The first-order valence-electron chi connectivity index (χ1n) is 7.42. The highest BCUT2D eigenvalue weighted by Gasteiger charge is 2.35. The molecule has 2 amide bonds.